The molecule has 1 amide bonds. The Hall–Kier alpha value is -1.46. The number of rotatable bonds is 8. The summed E-state index contributed by atoms with van der Waals surface area (Å²) in [5.74, 6) is 1.82. The van der Waals surface area contributed by atoms with Crippen LogP contribution in [0.2, 0.25) is 0 Å². The predicted molar refractivity (Wildman–Crippen MR) is 93.7 cm³/mol. The van der Waals surface area contributed by atoms with Crippen LogP contribution in [-0.4, -0.2) is 38.8 Å². The first kappa shape index (κ1) is 19.6. The van der Waals surface area contributed by atoms with Crippen LogP contribution in [0.3, 0.4) is 0 Å². The van der Waals surface area contributed by atoms with Crippen molar-refractivity contribution in [1.29, 1.82) is 0 Å². The molecule has 1 heterocycles. The molecule has 6 heteroatoms. The minimum atomic E-state index is 0. The van der Waals surface area contributed by atoms with Crippen LogP contribution in [0.25, 0.3) is 0 Å². The molecule has 5 nitrogen and oxygen atoms in total. The Balaban J connectivity index is 0.00000264. The van der Waals surface area contributed by atoms with E-state index in [1.165, 1.54) is 0 Å². The zero-order valence-corrected chi connectivity index (χ0v) is 14.7. The maximum absolute atomic E-state index is 11.9. The van der Waals surface area contributed by atoms with Gasteiger partial charge in [-0.15, -0.1) is 12.4 Å². The monoisotopic (exact) mass is 342 g/mol. The number of benzene rings is 1. The molecule has 0 spiro atoms. The standard InChI is InChI=1S/C17H26N2O3.ClH/c1-3-21-15-6-5-13(11-16(15)22-4-2)7-10-19-17(20)14-8-9-18-12-14;/h5-6,11,14,18H,3-4,7-10,12H2,1-2H3,(H,19,20);1H. The molecule has 1 atom stereocenters. The highest BCUT2D eigenvalue weighted by atomic mass is 35.5. The van der Waals surface area contributed by atoms with E-state index in [2.05, 4.69) is 10.6 Å². The van der Waals surface area contributed by atoms with Crippen molar-refractivity contribution in [2.45, 2.75) is 26.7 Å². The van der Waals surface area contributed by atoms with E-state index < -0.39 is 0 Å². The SMILES string of the molecule is CCOc1ccc(CCNC(=O)C2CCNC2)cc1OCC.Cl. The molecule has 1 unspecified atom stereocenters. The third kappa shape index (κ3) is 5.92. The fourth-order valence-corrected chi connectivity index (χ4v) is 2.60. The summed E-state index contributed by atoms with van der Waals surface area (Å²) in [5.41, 5.74) is 1.14. The predicted octanol–water partition coefficient (Wildman–Crippen LogP) is 2.17. The van der Waals surface area contributed by atoms with Crippen molar-refractivity contribution in [2.24, 2.45) is 5.92 Å². The average molecular weight is 343 g/mol. The highest BCUT2D eigenvalue weighted by Crippen LogP contribution is 2.28. The number of carbonyl (C=O) groups excluding carboxylic acids is 1. The van der Waals surface area contributed by atoms with Gasteiger partial charge in [-0.3, -0.25) is 4.79 Å². The van der Waals surface area contributed by atoms with Crippen LogP contribution in [0.15, 0.2) is 18.2 Å². The van der Waals surface area contributed by atoms with E-state index in [1.54, 1.807) is 0 Å². The smallest absolute Gasteiger partial charge is 0.224 e. The van der Waals surface area contributed by atoms with Crippen molar-refractivity contribution in [1.82, 2.24) is 10.6 Å². The minimum Gasteiger partial charge on any atom is -0.490 e. The molecule has 1 aromatic rings. The highest BCUT2D eigenvalue weighted by Gasteiger charge is 2.21. The van der Waals surface area contributed by atoms with Crippen molar-refractivity contribution < 1.29 is 14.3 Å². The number of hydrogen-bond acceptors (Lipinski definition) is 4. The molecule has 2 rings (SSSR count). The first-order chi connectivity index (χ1) is 10.7. The molecule has 0 aromatic heterocycles. The Morgan fingerprint density at radius 3 is 2.65 bits per heavy atom. The lowest BCUT2D eigenvalue weighted by Gasteiger charge is -2.13. The van der Waals surface area contributed by atoms with Crippen LogP contribution in [0.1, 0.15) is 25.8 Å². The summed E-state index contributed by atoms with van der Waals surface area (Å²) in [6.07, 6.45) is 1.72. The maximum atomic E-state index is 11.9. The molecular formula is C17H27ClN2O3. The van der Waals surface area contributed by atoms with Gasteiger partial charge in [0.2, 0.25) is 5.91 Å². The van der Waals surface area contributed by atoms with Crippen LogP contribution in [-0.2, 0) is 11.2 Å². The van der Waals surface area contributed by atoms with Gasteiger partial charge >= 0.3 is 0 Å². The van der Waals surface area contributed by atoms with Crippen molar-refractivity contribution in [3.8, 4) is 11.5 Å². The molecule has 1 fully saturated rings. The van der Waals surface area contributed by atoms with E-state index in [0.29, 0.717) is 19.8 Å². The van der Waals surface area contributed by atoms with Crippen LogP contribution < -0.4 is 20.1 Å². The van der Waals surface area contributed by atoms with Crippen LogP contribution in [0, 0.1) is 5.92 Å². The number of nitrogens with one attached hydrogen (secondary N) is 2. The lowest BCUT2D eigenvalue weighted by molar-refractivity contribution is -0.124. The molecule has 1 aromatic carbocycles. The third-order valence-electron chi connectivity index (χ3n) is 3.75. The first-order valence-electron chi connectivity index (χ1n) is 8.11. The second kappa shape index (κ2) is 10.3. The number of halogens is 1. The number of carbonyl (C=O) groups is 1. The van der Waals surface area contributed by atoms with Crippen LogP contribution >= 0.6 is 12.4 Å². The Kier molecular flexibility index (Phi) is 8.81. The molecule has 0 radical (unpaired) electrons. The Morgan fingerprint density at radius 2 is 2.00 bits per heavy atom. The molecule has 0 bridgehead atoms. The van der Waals surface area contributed by atoms with E-state index in [0.717, 1.165) is 43.0 Å². The van der Waals surface area contributed by atoms with Crippen molar-refractivity contribution in [2.75, 3.05) is 32.8 Å². The Labute approximate surface area is 144 Å². The minimum absolute atomic E-state index is 0. The zero-order valence-electron chi connectivity index (χ0n) is 13.9. The molecular weight excluding hydrogens is 316 g/mol. The van der Waals surface area contributed by atoms with Gasteiger partial charge in [-0.05, 0) is 50.9 Å². The molecule has 2 N–H and O–H groups in total. The maximum Gasteiger partial charge on any atom is 0.224 e. The van der Waals surface area contributed by atoms with E-state index in [9.17, 15) is 4.79 Å². The second-order valence-electron chi connectivity index (χ2n) is 5.38. The van der Waals surface area contributed by atoms with Gasteiger partial charge < -0.3 is 20.1 Å². The van der Waals surface area contributed by atoms with Gasteiger partial charge in [0.25, 0.3) is 0 Å². The summed E-state index contributed by atoms with van der Waals surface area (Å²) in [6, 6.07) is 5.96. The summed E-state index contributed by atoms with van der Waals surface area (Å²) >= 11 is 0. The molecule has 1 aliphatic heterocycles. The van der Waals surface area contributed by atoms with E-state index in [-0.39, 0.29) is 24.2 Å². The van der Waals surface area contributed by atoms with Gasteiger partial charge in [0.1, 0.15) is 0 Å². The fourth-order valence-electron chi connectivity index (χ4n) is 2.60. The lowest BCUT2D eigenvalue weighted by atomic mass is 10.1. The molecule has 0 aliphatic carbocycles. The summed E-state index contributed by atoms with van der Waals surface area (Å²) in [7, 11) is 0. The lowest BCUT2D eigenvalue weighted by Crippen LogP contribution is -2.33. The number of ether oxygens (including phenoxy) is 2. The Morgan fingerprint density at radius 1 is 1.26 bits per heavy atom. The van der Waals surface area contributed by atoms with Gasteiger partial charge in [-0.1, -0.05) is 6.07 Å². The molecule has 0 saturated carbocycles. The summed E-state index contributed by atoms with van der Waals surface area (Å²) in [5, 5.41) is 6.22. The molecule has 1 saturated heterocycles. The van der Waals surface area contributed by atoms with Crippen LogP contribution in [0.5, 0.6) is 11.5 Å². The van der Waals surface area contributed by atoms with Gasteiger partial charge in [-0.2, -0.15) is 0 Å². The van der Waals surface area contributed by atoms with E-state index >= 15 is 0 Å². The number of hydrogen-bond donors (Lipinski definition) is 2. The normalized spacial score (nSPS) is 16.5. The van der Waals surface area contributed by atoms with Gasteiger partial charge in [0.15, 0.2) is 11.5 Å². The van der Waals surface area contributed by atoms with Crippen molar-refractivity contribution >= 4 is 18.3 Å². The topological polar surface area (TPSA) is 59.6 Å². The molecule has 23 heavy (non-hydrogen) atoms. The summed E-state index contributed by atoms with van der Waals surface area (Å²) in [6.45, 7) is 7.52. The third-order valence-corrected chi connectivity index (χ3v) is 3.75. The van der Waals surface area contributed by atoms with Gasteiger partial charge in [0, 0.05) is 13.1 Å². The quantitative estimate of drug-likeness (QED) is 0.760. The summed E-state index contributed by atoms with van der Waals surface area (Å²) < 4.78 is 11.2. The van der Waals surface area contributed by atoms with Gasteiger partial charge in [-0.25, -0.2) is 0 Å². The Bertz CT molecular complexity index is 491. The fraction of sp³-hybridized carbons (Fsp3) is 0.588. The first-order valence-corrected chi connectivity index (χ1v) is 8.11. The number of amides is 1. The van der Waals surface area contributed by atoms with Gasteiger partial charge in [0.05, 0.1) is 19.1 Å². The largest absolute Gasteiger partial charge is 0.490 e. The van der Waals surface area contributed by atoms with Crippen molar-refractivity contribution in [3.63, 3.8) is 0 Å². The van der Waals surface area contributed by atoms with E-state index in [4.69, 9.17) is 9.47 Å². The molecule has 1 aliphatic rings. The second-order valence-corrected chi connectivity index (χ2v) is 5.38. The highest BCUT2D eigenvalue weighted by molar-refractivity contribution is 5.85. The average Bonchev–Trinajstić information content (AvgIpc) is 3.04. The van der Waals surface area contributed by atoms with Crippen LogP contribution in [0.4, 0.5) is 0 Å². The zero-order chi connectivity index (χ0) is 15.8. The summed E-state index contributed by atoms with van der Waals surface area (Å²) in [4.78, 5) is 11.9. The molecule has 130 valence electrons. The van der Waals surface area contributed by atoms with E-state index in [1.807, 2.05) is 32.0 Å². The van der Waals surface area contributed by atoms with Crippen molar-refractivity contribution in [3.05, 3.63) is 23.8 Å².